The summed E-state index contributed by atoms with van der Waals surface area (Å²) in [6, 6.07) is 2.14. The monoisotopic (exact) mass is 258 g/mol. The third-order valence-electron chi connectivity index (χ3n) is 2.23. The van der Waals surface area contributed by atoms with Gasteiger partial charge in [0.25, 0.3) is 5.91 Å². The van der Waals surface area contributed by atoms with Crippen LogP contribution in [0.15, 0.2) is 18.2 Å². The fraction of sp³-hybridized carbons (Fsp3) is 0.273. The molecule has 6 heteroatoms. The van der Waals surface area contributed by atoms with Gasteiger partial charge in [0.2, 0.25) is 0 Å². The topological polar surface area (TPSA) is 55.1 Å². The van der Waals surface area contributed by atoms with Crippen LogP contribution < -0.4 is 11.1 Å². The van der Waals surface area contributed by atoms with Crippen LogP contribution in [0.3, 0.4) is 0 Å². The highest BCUT2D eigenvalue weighted by Crippen LogP contribution is 2.10. The molecule has 0 saturated heterocycles. The molecule has 1 amide bonds. The molecule has 1 unspecified atom stereocenters. The maximum Gasteiger partial charge on any atom is 0.254 e. The molecule has 0 spiro atoms. The Morgan fingerprint density at radius 2 is 2.18 bits per heavy atom. The number of amides is 1. The Hall–Kier alpha value is -1.56. The first-order valence-corrected chi connectivity index (χ1v) is 5.41. The number of halogens is 2. The van der Waals surface area contributed by atoms with Crippen molar-refractivity contribution in [2.45, 2.75) is 19.4 Å². The molecule has 3 N–H and O–H groups in total. The number of nitrogens with two attached hydrogens (primary N) is 1. The van der Waals surface area contributed by atoms with Crippen LogP contribution in [0.2, 0.25) is 0 Å². The van der Waals surface area contributed by atoms with Crippen LogP contribution in [0.5, 0.6) is 0 Å². The van der Waals surface area contributed by atoms with Crippen molar-refractivity contribution >= 4 is 23.1 Å². The summed E-state index contributed by atoms with van der Waals surface area (Å²) in [7, 11) is 0. The molecule has 0 aliphatic heterocycles. The van der Waals surface area contributed by atoms with E-state index in [0.717, 1.165) is 18.2 Å². The molecule has 0 saturated carbocycles. The Balaban J connectivity index is 2.89. The Morgan fingerprint density at radius 3 is 2.71 bits per heavy atom. The minimum absolute atomic E-state index is 0.109. The van der Waals surface area contributed by atoms with Crippen molar-refractivity contribution < 1.29 is 13.6 Å². The van der Waals surface area contributed by atoms with Gasteiger partial charge in [-0.15, -0.1) is 0 Å². The Labute approximate surface area is 103 Å². The zero-order valence-corrected chi connectivity index (χ0v) is 9.98. The summed E-state index contributed by atoms with van der Waals surface area (Å²) < 4.78 is 26.2. The van der Waals surface area contributed by atoms with Gasteiger partial charge in [0, 0.05) is 0 Å². The van der Waals surface area contributed by atoms with Gasteiger partial charge >= 0.3 is 0 Å². The molecule has 0 heterocycles. The number of hydrogen-bond acceptors (Lipinski definition) is 2. The van der Waals surface area contributed by atoms with Crippen molar-refractivity contribution in [3.63, 3.8) is 0 Å². The summed E-state index contributed by atoms with van der Waals surface area (Å²) in [6.07, 6.45) is 0.484. The lowest BCUT2D eigenvalue weighted by Crippen LogP contribution is -2.43. The highest BCUT2D eigenvalue weighted by Gasteiger charge is 2.17. The molecule has 1 atom stereocenters. The van der Waals surface area contributed by atoms with Gasteiger partial charge in [-0.25, -0.2) is 8.78 Å². The van der Waals surface area contributed by atoms with Crippen molar-refractivity contribution in [1.29, 1.82) is 0 Å². The molecule has 0 aliphatic rings. The zero-order valence-electron chi connectivity index (χ0n) is 9.17. The number of thiocarbonyl (C=S) groups is 1. The van der Waals surface area contributed by atoms with E-state index in [0.29, 0.717) is 6.42 Å². The maximum atomic E-state index is 13.3. The lowest BCUT2D eigenvalue weighted by molar-refractivity contribution is 0.0942. The molecule has 0 aliphatic carbocycles. The highest BCUT2D eigenvalue weighted by molar-refractivity contribution is 7.80. The molecule has 1 rings (SSSR count). The van der Waals surface area contributed by atoms with Crippen molar-refractivity contribution in [3.8, 4) is 0 Å². The SMILES string of the molecule is CCC(NC(=O)c1cc(F)ccc1F)C(N)=S. The Bertz CT molecular complexity index is 451. The molecule has 17 heavy (non-hydrogen) atoms. The highest BCUT2D eigenvalue weighted by atomic mass is 32.1. The normalized spacial score (nSPS) is 11.9. The van der Waals surface area contributed by atoms with Crippen LogP contribution in [-0.2, 0) is 0 Å². The van der Waals surface area contributed by atoms with Crippen LogP contribution in [0.4, 0.5) is 8.78 Å². The van der Waals surface area contributed by atoms with Gasteiger partial charge in [-0.2, -0.15) is 0 Å². The van der Waals surface area contributed by atoms with Crippen LogP contribution >= 0.6 is 12.2 Å². The van der Waals surface area contributed by atoms with E-state index in [1.807, 2.05) is 0 Å². The molecule has 1 aromatic rings. The van der Waals surface area contributed by atoms with Crippen molar-refractivity contribution in [1.82, 2.24) is 5.32 Å². The lowest BCUT2D eigenvalue weighted by Gasteiger charge is -2.15. The minimum atomic E-state index is -0.790. The number of nitrogens with one attached hydrogen (secondary N) is 1. The van der Waals surface area contributed by atoms with E-state index in [2.05, 4.69) is 5.32 Å². The van der Waals surface area contributed by atoms with Gasteiger partial charge in [-0.05, 0) is 24.6 Å². The van der Waals surface area contributed by atoms with E-state index >= 15 is 0 Å². The summed E-state index contributed by atoms with van der Waals surface area (Å²) in [6.45, 7) is 1.77. The minimum Gasteiger partial charge on any atom is -0.392 e. The molecular formula is C11H12F2N2OS. The summed E-state index contributed by atoms with van der Waals surface area (Å²) in [5.41, 5.74) is 5.03. The third kappa shape index (κ3) is 3.45. The molecule has 0 bridgehead atoms. The van der Waals surface area contributed by atoms with Crippen molar-refractivity contribution in [2.75, 3.05) is 0 Å². The molecular weight excluding hydrogens is 246 g/mol. The predicted octanol–water partition coefficient (Wildman–Crippen LogP) is 1.76. The summed E-state index contributed by atoms with van der Waals surface area (Å²) in [5.74, 6) is -2.21. The van der Waals surface area contributed by atoms with E-state index in [-0.39, 0.29) is 10.6 Å². The quantitative estimate of drug-likeness (QED) is 0.809. The van der Waals surface area contributed by atoms with E-state index < -0.39 is 23.6 Å². The standard InChI is InChI=1S/C11H12F2N2OS/c1-2-9(10(14)17)15-11(16)7-5-6(12)3-4-8(7)13/h3-5,9H,2H2,1H3,(H2,14,17)(H,15,16). The molecule has 0 radical (unpaired) electrons. The predicted molar refractivity (Wildman–Crippen MR) is 64.7 cm³/mol. The smallest absolute Gasteiger partial charge is 0.254 e. The average Bonchev–Trinajstić information content (AvgIpc) is 2.28. The molecule has 1 aromatic carbocycles. The summed E-state index contributed by atoms with van der Waals surface area (Å²) >= 11 is 4.74. The molecule has 3 nitrogen and oxygen atoms in total. The van der Waals surface area contributed by atoms with Crippen molar-refractivity contribution in [2.24, 2.45) is 5.73 Å². The van der Waals surface area contributed by atoms with Gasteiger partial charge in [0.15, 0.2) is 0 Å². The number of hydrogen-bond donors (Lipinski definition) is 2. The van der Waals surface area contributed by atoms with E-state index in [4.69, 9.17) is 18.0 Å². The van der Waals surface area contributed by atoms with Crippen LogP contribution in [-0.4, -0.2) is 16.9 Å². The number of rotatable bonds is 4. The first-order chi connectivity index (χ1) is 7.95. The van der Waals surface area contributed by atoms with E-state index in [9.17, 15) is 13.6 Å². The molecule has 0 fully saturated rings. The van der Waals surface area contributed by atoms with Crippen LogP contribution in [0.25, 0.3) is 0 Å². The number of carbonyl (C=O) groups is 1. The van der Waals surface area contributed by atoms with Crippen LogP contribution in [0.1, 0.15) is 23.7 Å². The van der Waals surface area contributed by atoms with E-state index in [1.165, 1.54) is 0 Å². The molecule has 0 aromatic heterocycles. The second-order valence-corrected chi connectivity index (χ2v) is 3.93. The fourth-order valence-electron chi connectivity index (χ4n) is 1.28. The van der Waals surface area contributed by atoms with Gasteiger partial charge in [0.05, 0.1) is 16.6 Å². The van der Waals surface area contributed by atoms with E-state index in [1.54, 1.807) is 6.92 Å². The zero-order chi connectivity index (χ0) is 13.0. The van der Waals surface area contributed by atoms with Crippen LogP contribution in [0, 0.1) is 11.6 Å². The van der Waals surface area contributed by atoms with Gasteiger partial charge < -0.3 is 11.1 Å². The van der Waals surface area contributed by atoms with Gasteiger partial charge in [-0.3, -0.25) is 4.79 Å². The second-order valence-electron chi connectivity index (χ2n) is 3.46. The van der Waals surface area contributed by atoms with Gasteiger partial charge in [-0.1, -0.05) is 19.1 Å². The van der Waals surface area contributed by atoms with Gasteiger partial charge in [0.1, 0.15) is 11.6 Å². The summed E-state index contributed by atoms with van der Waals surface area (Å²) in [5, 5.41) is 2.44. The number of benzene rings is 1. The number of carbonyl (C=O) groups excluding carboxylic acids is 1. The Kier molecular flexibility index (Phi) is 4.51. The molecule has 92 valence electrons. The largest absolute Gasteiger partial charge is 0.392 e. The fourth-order valence-corrected chi connectivity index (χ4v) is 1.51. The summed E-state index contributed by atoms with van der Waals surface area (Å²) in [4.78, 5) is 11.8. The van der Waals surface area contributed by atoms with Crippen molar-refractivity contribution in [3.05, 3.63) is 35.4 Å². The average molecular weight is 258 g/mol. The first-order valence-electron chi connectivity index (χ1n) is 5.01. The second kappa shape index (κ2) is 5.67. The maximum absolute atomic E-state index is 13.3. The first kappa shape index (κ1) is 13.5. The Morgan fingerprint density at radius 1 is 1.53 bits per heavy atom. The third-order valence-corrected chi connectivity index (χ3v) is 2.51. The lowest BCUT2D eigenvalue weighted by atomic mass is 10.1.